The van der Waals surface area contributed by atoms with Crippen LogP contribution in [-0.2, 0) is 13.2 Å². The average molecular weight is 278 g/mol. The monoisotopic (exact) mass is 278 g/mol. The van der Waals surface area contributed by atoms with Crippen LogP contribution in [0.4, 0.5) is 4.39 Å². The van der Waals surface area contributed by atoms with Gasteiger partial charge in [-0.1, -0.05) is 6.07 Å². The summed E-state index contributed by atoms with van der Waals surface area (Å²) in [5.74, 6) is 0.246. The van der Waals surface area contributed by atoms with E-state index in [2.05, 4.69) is 10.3 Å². The van der Waals surface area contributed by atoms with Crippen molar-refractivity contribution in [1.29, 1.82) is 0 Å². The second-order valence-electron chi connectivity index (χ2n) is 4.63. The summed E-state index contributed by atoms with van der Waals surface area (Å²) >= 11 is 1.63. The summed E-state index contributed by atoms with van der Waals surface area (Å²) < 4.78 is 18.5. The second-order valence-corrected chi connectivity index (χ2v) is 5.58. The Bertz CT molecular complexity index is 554. The summed E-state index contributed by atoms with van der Waals surface area (Å²) in [5.41, 5.74) is 0.891. The van der Waals surface area contributed by atoms with Crippen molar-refractivity contribution in [2.45, 2.75) is 32.0 Å². The Morgan fingerprint density at radius 3 is 3.11 bits per heavy atom. The molecule has 100 valence electrons. The molecule has 1 N–H and O–H groups in total. The Morgan fingerprint density at radius 1 is 1.42 bits per heavy atom. The average Bonchev–Trinajstić information content (AvgIpc) is 3.13. The molecule has 0 radical (unpaired) electrons. The van der Waals surface area contributed by atoms with E-state index in [1.807, 2.05) is 5.38 Å². The molecule has 1 aromatic carbocycles. The molecule has 2 aromatic rings. The minimum Gasteiger partial charge on any atom is -0.487 e. The van der Waals surface area contributed by atoms with E-state index in [-0.39, 0.29) is 5.82 Å². The predicted octanol–water partition coefficient (Wildman–Crippen LogP) is 3.11. The maximum absolute atomic E-state index is 13.0. The van der Waals surface area contributed by atoms with Gasteiger partial charge in [0, 0.05) is 24.0 Å². The molecule has 3 nitrogen and oxygen atoms in total. The zero-order valence-electron chi connectivity index (χ0n) is 10.4. The molecule has 1 fully saturated rings. The van der Waals surface area contributed by atoms with Crippen LogP contribution in [0.1, 0.15) is 23.5 Å². The lowest BCUT2D eigenvalue weighted by Gasteiger charge is -2.03. The molecule has 3 rings (SSSR count). The molecule has 19 heavy (non-hydrogen) atoms. The number of benzene rings is 1. The minimum absolute atomic E-state index is 0.287. The number of halogens is 1. The number of hydrogen-bond donors (Lipinski definition) is 1. The Hall–Kier alpha value is -1.46. The molecule has 5 heteroatoms. The normalized spacial score (nSPS) is 14.6. The smallest absolute Gasteiger partial charge is 0.131 e. The molecule has 0 bridgehead atoms. The number of ether oxygens (including phenoxy) is 1. The largest absolute Gasteiger partial charge is 0.487 e. The van der Waals surface area contributed by atoms with Crippen molar-refractivity contribution < 1.29 is 9.13 Å². The van der Waals surface area contributed by atoms with Crippen molar-refractivity contribution in [1.82, 2.24) is 10.3 Å². The fourth-order valence-corrected chi connectivity index (χ4v) is 2.46. The molecule has 0 atom stereocenters. The molecular weight excluding hydrogens is 263 g/mol. The van der Waals surface area contributed by atoms with E-state index in [4.69, 9.17) is 4.74 Å². The van der Waals surface area contributed by atoms with Crippen LogP contribution in [0.2, 0.25) is 0 Å². The van der Waals surface area contributed by atoms with Gasteiger partial charge in [0.05, 0.1) is 5.69 Å². The van der Waals surface area contributed by atoms with E-state index < -0.39 is 0 Å². The SMILES string of the molecule is Fc1cccc(OCc2csc(CNC3CC3)n2)c1. The third-order valence-corrected chi connectivity index (χ3v) is 3.80. The molecule has 0 aliphatic heterocycles. The highest BCUT2D eigenvalue weighted by Gasteiger charge is 2.20. The van der Waals surface area contributed by atoms with Crippen LogP contribution < -0.4 is 10.1 Å². The van der Waals surface area contributed by atoms with Gasteiger partial charge in [-0.15, -0.1) is 11.3 Å². The first kappa shape index (κ1) is 12.6. The molecular formula is C14H15FN2OS. The van der Waals surface area contributed by atoms with Crippen LogP contribution in [0.25, 0.3) is 0 Å². The molecule has 1 aliphatic carbocycles. The second kappa shape index (κ2) is 5.67. The lowest BCUT2D eigenvalue weighted by molar-refractivity contribution is 0.300. The number of thiazole rings is 1. The molecule has 1 saturated carbocycles. The van der Waals surface area contributed by atoms with Crippen molar-refractivity contribution in [3.63, 3.8) is 0 Å². The lowest BCUT2D eigenvalue weighted by atomic mass is 10.3. The van der Waals surface area contributed by atoms with Gasteiger partial charge >= 0.3 is 0 Å². The third kappa shape index (κ3) is 3.75. The molecule has 0 unspecified atom stereocenters. The Kier molecular flexibility index (Phi) is 3.75. The van der Waals surface area contributed by atoms with Crippen LogP contribution >= 0.6 is 11.3 Å². The molecule has 0 saturated heterocycles. The predicted molar refractivity (Wildman–Crippen MR) is 72.7 cm³/mol. The maximum Gasteiger partial charge on any atom is 0.131 e. The first-order chi connectivity index (χ1) is 9.29. The van der Waals surface area contributed by atoms with E-state index in [9.17, 15) is 4.39 Å². The number of aromatic nitrogens is 1. The van der Waals surface area contributed by atoms with Crippen molar-refractivity contribution in [2.24, 2.45) is 0 Å². The molecule has 1 aromatic heterocycles. The molecule has 1 aliphatic rings. The van der Waals surface area contributed by atoms with E-state index in [1.54, 1.807) is 23.5 Å². The van der Waals surface area contributed by atoms with Crippen molar-refractivity contribution >= 4 is 11.3 Å². The van der Waals surface area contributed by atoms with E-state index in [1.165, 1.54) is 25.0 Å². The highest BCUT2D eigenvalue weighted by molar-refractivity contribution is 7.09. The van der Waals surface area contributed by atoms with Gasteiger partial charge in [0.15, 0.2) is 0 Å². The number of nitrogens with zero attached hydrogens (tertiary/aromatic N) is 1. The fourth-order valence-electron chi connectivity index (χ4n) is 1.73. The fraction of sp³-hybridized carbons (Fsp3) is 0.357. The topological polar surface area (TPSA) is 34.1 Å². The molecule has 1 heterocycles. The van der Waals surface area contributed by atoms with Crippen LogP contribution in [0.15, 0.2) is 29.6 Å². The molecule has 0 amide bonds. The van der Waals surface area contributed by atoms with E-state index >= 15 is 0 Å². The Balaban J connectivity index is 1.51. The van der Waals surface area contributed by atoms with Crippen molar-refractivity contribution in [3.05, 3.63) is 46.2 Å². The quantitative estimate of drug-likeness (QED) is 0.881. The van der Waals surface area contributed by atoms with Gasteiger partial charge in [-0.05, 0) is 25.0 Å². The maximum atomic E-state index is 13.0. The zero-order chi connectivity index (χ0) is 13.1. The van der Waals surface area contributed by atoms with Gasteiger partial charge in [-0.25, -0.2) is 9.37 Å². The summed E-state index contributed by atoms with van der Waals surface area (Å²) in [6.07, 6.45) is 2.56. The number of nitrogens with one attached hydrogen (secondary N) is 1. The molecule has 0 spiro atoms. The zero-order valence-corrected chi connectivity index (χ0v) is 11.3. The van der Waals surface area contributed by atoms with Gasteiger partial charge in [-0.2, -0.15) is 0 Å². The number of hydrogen-bond acceptors (Lipinski definition) is 4. The van der Waals surface area contributed by atoms with Crippen LogP contribution in [0.3, 0.4) is 0 Å². The third-order valence-electron chi connectivity index (χ3n) is 2.90. The standard InChI is InChI=1S/C14H15FN2OS/c15-10-2-1-3-13(6-10)18-8-12-9-19-14(17-12)7-16-11-4-5-11/h1-3,6,9,11,16H,4-5,7-8H2. The Morgan fingerprint density at radius 2 is 2.32 bits per heavy atom. The van der Waals surface area contributed by atoms with Gasteiger partial charge < -0.3 is 10.1 Å². The Labute approximate surface area is 115 Å². The summed E-state index contributed by atoms with van der Waals surface area (Å²) in [5, 5.41) is 6.49. The summed E-state index contributed by atoms with van der Waals surface area (Å²) in [6, 6.07) is 6.84. The van der Waals surface area contributed by atoms with Crippen LogP contribution in [-0.4, -0.2) is 11.0 Å². The highest BCUT2D eigenvalue weighted by Crippen LogP contribution is 2.20. The summed E-state index contributed by atoms with van der Waals surface area (Å²) in [4.78, 5) is 4.48. The van der Waals surface area contributed by atoms with E-state index in [0.717, 1.165) is 17.2 Å². The van der Waals surface area contributed by atoms with E-state index in [0.29, 0.717) is 18.4 Å². The minimum atomic E-state index is -0.287. The van der Waals surface area contributed by atoms with Gasteiger partial charge in [0.2, 0.25) is 0 Å². The first-order valence-corrected chi connectivity index (χ1v) is 7.22. The lowest BCUT2D eigenvalue weighted by Crippen LogP contribution is -2.15. The highest BCUT2D eigenvalue weighted by atomic mass is 32.1. The van der Waals surface area contributed by atoms with Gasteiger partial charge in [0.25, 0.3) is 0 Å². The van der Waals surface area contributed by atoms with Gasteiger partial charge in [0.1, 0.15) is 23.2 Å². The first-order valence-electron chi connectivity index (χ1n) is 6.34. The van der Waals surface area contributed by atoms with Crippen LogP contribution in [0, 0.1) is 5.82 Å². The summed E-state index contributed by atoms with van der Waals surface area (Å²) in [6.45, 7) is 1.21. The van der Waals surface area contributed by atoms with Crippen LogP contribution in [0.5, 0.6) is 5.75 Å². The van der Waals surface area contributed by atoms with Crippen molar-refractivity contribution in [3.8, 4) is 5.75 Å². The van der Waals surface area contributed by atoms with Gasteiger partial charge in [-0.3, -0.25) is 0 Å². The van der Waals surface area contributed by atoms with Crippen molar-refractivity contribution in [2.75, 3.05) is 0 Å². The summed E-state index contributed by atoms with van der Waals surface area (Å²) in [7, 11) is 0. The number of rotatable bonds is 6.